The van der Waals surface area contributed by atoms with Crippen molar-refractivity contribution in [1.29, 1.82) is 0 Å². The maximum Gasteiger partial charge on any atom is 0.243 e. The summed E-state index contributed by atoms with van der Waals surface area (Å²) >= 11 is 0. The number of hydrogen-bond acceptors (Lipinski definition) is 5. The van der Waals surface area contributed by atoms with Crippen molar-refractivity contribution in [2.75, 3.05) is 26.9 Å². The van der Waals surface area contributed by atoms with Crippen molar-refractivity contribution in [3.63, 3.8) is 0 Å². The molecule has 0 bridgehead atoms. The first-order valence-corrected chi connectivity index (χ1v) is 7.49. The van der Waals surface area contributed by atoms with Gasteiger partial charge in [0.15, 0.2) is 0 Å². The fraction of sp³-hybridized carbons (Fsp3) is 0.500. The summed E-state index contributed by atoms with van der Waals surface area (Å²) in [6.45, 7) is 0.676. The van der Waals surface area contributed by atoms with Crippen LogP contribution in [0.25, 0.3) is 0 Å². The van der Waals surface area contributed by atoms with Crippen molar-refractivity contribution in [3.05, 3.63) is 29.8 Å². The van der Waals surface area contributed by atoms with Crippen molar-refractivity contribution in [2.24, 2.45) is 5.73 Å². The highest BCUT2D eigenvalue weighted by molar-refractivity contribution is 5.79. The topological polar surface area (TPSA) is 99.9 Å². The van der Waals surface area contributed by atoms with E-state index in [1.54, 1.807) is 7.11 Å². The van der Waals surface area contributed by atoms with E-state index < -0.39 is 5.91 Å². The number of carbonyl (C=O) groups is 2. The first-order chi connectivity index (χ1) is 11.1. The molecular weight excluding hydrogens is 300 g/mol. The maximum absolute atomic E-state index is 12.3. The summed E-state index contributed by atoms with van der Waals surface area (Å²) in [4.78, 5) is 23.1. The van der Waals surface area contributed by atoms with Gasteiger partial charge in [-0.1, -0.05) is 18.2 Å². The Labute approximate surface area is 135 Å². The summed E-state index contributed by atoms with van der Waals surface area (Å²) in [5.41, 5.74) is 5.90. The molecule has 2 rings (SSSR count). The predicted octanol–water partition coefficient (Wildman–Crippen LogP) is 0.0133. The summed E-state index contributed by atoms with van der Waals surface area (Å²) in [6.07, 6.45) is 0.461. The molecule has 2 amide bonds. The van der Waals surface area contributed by atoms with E-state index in [9.17, 15) is 9.59 Å². The van der Waals surface area contributed by atoms with Crippen molar-refractivity contribution in [1.82, 2.24) is 5.32 Å². The Hall–Kier alpha value is -2.12. The quantitative estimate of drug-likeness (QED) is 0.737. The zero-order valence-electron chi connectivity index (χ0n) is 13.1. The van der Waals surface area contributed by atoms with Gasteiger partial charge in [-0.25, -0.2) is 0 Å². The lowest BCUT2D eigenvalue weighted by Crippen LogP contribution is -2.51. The molecule has 1 aromatic carbocycles. The van der Waals surface area contributed by atoms with E-state index in [1.807, 2.05) is 24.3 Å². The van der Waals surface area contributed by atoms with Crippen LogP contribution < -0.4 is 15.8 Å². The Morgan fingerprint density at radius 1 is 1.39 bits per heavy atom. The van der Waals surface area contributed by atoms with Crippen LogP contribution in [-0.4, -0.2) is 50.9 Å². The summed E-state index contributed by atoms with van der Waals surface area (Å²) < 4.78 is 16.0. The van der Waals surface area contributed by atoms with Gasteiger partial charge in [0, 0.05) is 12.2 Å². The number of benzene rings is 1. The molecule has 1 fully saturated rings. The van der Waals surface area contributed by atoms with Crippen molar-refractivity contribution in [3.8, 4) is 5.75 Å². The van der Waals surface area contributed by atoms with E-state index in [0.717, 1.165) is 5.56 Å². The Balaban J connectivity index is 1.93. The van der Waals surface area contributed by atoms with Crippen molar-refractivity contribution >= 4 is 11.8 Å². The predicted molar refractivity (Wildman–Crippen MR) is 83.0 cm³/mol. The van der Waals surface area contributed by atoms with Gasteiger partial charge in [0.05, 0.1) is 26.2 Å². The molecule has 23 heavy (non-hydrogen) atoms. The summed E-state index contributed by atoms with van der Waals surface area (Å²) in [7, 11) is 1.57. The number of primary amides is 1. The number of rotatable bonds is 7. The molecule has 3 N–H and O–H groups in total. The van der Waals surface area contributed by atoms with Gasteiger partial charge >= 0.3 is 0 Å². The van der Waals surface area contributed by atoms with E-state index >= 15 is 0 Å². The van der Waals surface area contributed by atoms with Gasteiger partial charge in [0.25, 0.3) is 0 Å². The van der Waals surface area contributed by atoms with Crippen LogP contribution in [0.2, 0.25) is 0 Å². The highest BCUT2D eigenvalue weighted by atomic mass is 16.5. The van der Waals surface area contributed by atoms with Crippen molar-refractivity contribution < 1.29 is 23.8 Å². The fourth-order valence-electron chi connectivity index (χ4n) is 2.51. The molecule has 1 aliphatic rings. The number of carbonyl (C=O) groups excluding carboxylic acids is 2. The molecule has 7 nitrogen and oxygen atoms in total. The minimum absolute atomic E-state index is 0.130. The van der Waals surface area contributed by atoms with Crippen LogP contribution in [0.1, 0.15) is 12.0 Å². The Morgan fingerprint density at radius 2 is 2.17 bits per heavy atom. The first kappa shape index (κ1) is 17.2. The van der Waals surface area contributed by atoms with Gasteiger partial charge in [-0.3, -0.25) is 9.59 Å². The molecule has 1 aromatic rings. The van der Waals surface area contributed by atoms with Gasteiger partial charge in [-0.15, -0.1) is 0 Å². The lowest BCUT2D eigenvalue weighted by Gasteiger charge is -2.31. The minimum atomic E-state index is -0.547. The van der Waals surface area contributed by atoms with Gasteiger partial charge in [0.2, 0.25) is 11.8 Å². The van der Waals surface area contributed by atoms with Crippen LogP contribution in [0.15, 0.2) is 24.3 Å². The summed E-state index contributed by atoms with van der Waals surface area (Å²) in [5, 5.41) is 2.94. The van der Waals surface area contributed by atoms with E-state index in [0.29, 0.717) is 25.4 Å². The number of para-hydroxylation sites is 1. The number of hydrogen-bond donors (Lipinski definition) is 2. The molecule has 0 unspecified atom stereocenters. The second-order valence-electron chi connectivity index (χ2n) is 5.34. The van der Waals surface area contributed by atoms with Gasteiger partial charge in [-0.05, 0) is 12.5 Å². The third kappa shape index (κ3) is 5.22. The van der Waals surface area contributed by atoms with Gasteiger partial charge in [-0.2, -0.15) is 0 Å². The fourth-order valence-corrected chi connectivity index (χ4v) is 2.51. The van der Waals surface area contributed by atoms with Crippen LogP contribution in [-0.2, 0) is 25.5 Å². The number of nitrogens with one attached hydrogen (secondary N) is 1. The molecule has 0 aromatic heterocycles. The van der Waals surface area contributed by atoms with Crippen LogP contribution in [0.5, 0.6) is 5.75 Å². The number of methoxy groups -OCH3 is 1. The Kier molecular flexibility index (Phi) is 6.37. The average molecular weight is 322 g/mol. The third-order valence-corrected chi connectivity index (χ3v) is 3.63. The van der Waals surface area contributed by atoms with Crippen LogP contribution in [0.4, 0.5) is 0 Å². The van der Waals surface area contributed by atoms with E-state index in [-0.39, 0.29) is 31.1 Å². The molecule has 1 saturated heterocycles. The zero-order valence-corrected chi connectivity index (χ0v) is 13.1. The lowest BCUT2D eigenvalue weighted by atomic mass is 10.0. The van der Waals surface area contributed by atoms with Gasteiger partial charge < -0.3 is 25.3 Å². The number of amides is 2. The number of nitrogens with two attached hydrogens (primary N) is 1. The molecule has 1 heterocycles. The highest BCUT2D eigenvalue weighted by Gasteiger charge is 2.28. The smallest absolute Gasteiger partial charge is 0.243 e. The maximum atomic E-state index is 12.3. The molecule has 0 spiro atoms. The molecule has 7 heteroatoms. The zero-order chi connectivity index (χ0) is 16.7. The summed E-state index contributed by atoms with van der Waals surface area (Å²) in [6, 6.07) is 7.18. The van der Waals surface area contributed by atoms with Crippen LogP contribution >= 0.6 is 0 Å². The van der Waals surface area contributed by atoms with E-state index in [1.165, 1.54) is 0 Å². The average Bonchev–Trinajstić information content (AvgIpc) is 2.54. The molecular formula is C16H22N2O5. The third-order valence-electron chi connectivity index (χ3n) is 3.63. The molecule has 0 aliphatic carbocycles. The largest absolute Gasteiger partial charge is 0.496 e. The Morgan fingerprint density at radius 3 is 2.91 bits per heavy atom. The van der Waals surface area contributed by atoms with E-state index in [2.05, 4.69) is 5.32 Å². The molecule has 2 atom stereocenters. The molecule has 0 radical (unpaired) electrons. The second kappa shape index (κ2) is 8.50. The minimum Gasteiger partial charge on any atom is -0.496 e. The van der Waals surface area contributed by atoms with E-state index in [4.69, 9.17) is 19.9 Å². The standard InChI is InChI=1S/C16H22N2O5/c1-21-13-5-3-2-4-11(13)8-16(20)18-12-6-7-22-9-14(12)23-10-15(17)19/h2-5,12,14H,6-10H2,1H3,(H2,17,19)(H,18,20)/t12-,14-/m1/s1. The van der Waals surface area contributed by atoms with Crippen LogP contribution in [0.3, 0.4) is 0 Å². The monoisotopic (exact) mass is 322 g/mol. The normalized spacial score (nSPS) is 20.7. The number of ether oxygens (including phenoxy) is 3. The Bertz CT molecular complexity index is 549. The van der Waals surface area contributed by atoms with Gasteiger partial charge in [0.1, 0.15) is 18.5 Å². The van der Waals surface area contributed by atoms with Crippen molar-refractivity contribution in [2.45, 2.75) is 25.0 Å². The SMILES string of the molecule is COc1ccccc1CC(=O)N[C@@H]1CCOC[C@H]1OCC(N)=O. The summed E-state index contributed by atoms with van der Waals surface area (Å²) in [5.74, 6) is -0.0000900. The first-order valence-electron chi connectivity index (χ1n) is 7.49. The highest BCUT2D eigenvalue weighted by Crippen LogP contribution is 2.18. The molecule has 126 valence electrons. The second-order valence-corrected chi connectivity index (χ2v) is 5.34. The molecule has 0 saturated carbocycles. The molecule has 1 aliphatic heterocycles. The van der Waals surface area contributed by atoms with Crippen LogP contribution in [0, 0.1) is 0 Å². The lowest BCUT2D eigenvalue weighted by molar-refractivity contribution is -0.132.